The molecule has 0 amide bonds. The summed E-state index contributed by atoms with van der Waals surface area (Å²) in [5.41, 5.74) is 1.59. The molecule has 11 heteroatoms. The van der Waals surface area contributed by atoms with Crippen molar-refractivity contribution in [2.75, 3.05) is 5.75 Å². The Balaban J connectivity index is 1.57. The fourth-order valence-electron chi connectivity index (χ4n) is 3.69. The van der Waals surface area contributed by atoms with Gasteiger partial charge in [0.05, 0.1) is 28.2 Å². The van der Waals surface area contributed by atoms with E-state index in [9.17, 15) is 18.0 Å². The number of benzene rings is 2. The monoisotopic (exact) mass is 503 g/mol. The molecule has 10 nitrogen and oxygen atoms in total. The number of nitrogens with one attached hydrogen (secondary N) is 2. The van der Waals surface area contributed by atoms with Crippen LogP contribution in [-0.4, -0.2) is 38.7 Å². The minimum atomic E-state index is -3.34. The molecule has 2 N–H and O–H groups in total. The van der Waals surface area contributed by atoms with Crippen LogP contribution in [0.1, 0.15) is 12.5 Å². The number of nitrogens with zero attached hydrogens (tertiary/aromatic N) is 3. The van der Waals surface area contributed by atoms with Gasteiger partial charge in [0.25, 0.3) is 5.56 Å². The van der Waals surface area contributed by atoms with E-state index in [1.807, 2.05) is 24.3 Å². The molecule has 0 aliphatic carbocycles. The quantitative estimate of drug-likeness (QED) is 0.348. The van der Waals surface area contributed by atoms with Gasteiger partial charge in [-0.1, -0.05) is 13.0 Å². The van der Waals surface area contributed by atoms with Crippen molar-refractivity contribution in [2.45, 2.75) is 18.4 Å². The highest BCUT2D eigenvalue weighted by atomic mass is 32.2. The number of aromatic amines is 2. The standard InChI is InChI=1S/C25H21N5O5S/c1-2-36(33,34)18-8-6-17(7-9-18)35-22-14-21-20(27-24(28-21)19-5-3-4-11-26-19)13-16(22)15-30-12-10-23(31)29-25(30)32/h3-14H,2,15H2,1H3,(H,27,28)(H,29,31,32). The Hall–Kier alpha value is -4.51. The summed E-state index contributed by atoms with van der Waals surface area (Å²) in [6, 6.07) is 16.5. The van der Waals surface area contributed by atoms with Gasteiger partial charge in [0.1, 0.15) is 17.2 Å². The molecule has 5 rings (SSSR count). The molecule has 0 saturated carbocycles. The zero-order chi connectivity index (χ0) is 25.3. The molecule has 36 heavy (non-hydrogen) atoms. The zero-order valence-electron chi connectivity index (χ0n) is 19.1. The van der Waals surface area contributed by atoms with Gasteiger partial charge in [-0.15, -0.1) is 0 Å². The Bertz CT molecular complexity index is 1770. The Morgan fingerprint density at radius 3 is 2.50 bits per heavy atom. The van der Waals surface area contributed by atoms with Crippen molar-refractivity contribution in [3.05, 3.63) is 99.5 Å². The maximum absolute atomic E-state index is 12.3. The predicted molar refractivity (Wildman–Crippen MR) is 134 cm³/mol. The Kier molecular flexibility index (Phi) is 5.98. The number of imidazole rings is 1. The first-order valence-corrected chi connectivity index (χ1v) is 12.7. The lowest BCUT2D eigenvalue weighted by atomic mass is 10.1. The van der Waals surface area contributed by atoms with Crippen molar-refractivity contribution in [1.82, 2.24) is 24.5 Å². The predicted octanol–water partition coefficient (Wildman–Crippen LogP) is 3.11. The molecule has 3 aromatic heterocycles. The Morgan fingerprint density at radius 1 is 1.00 bits per heavy atom. The molecule has 0 spiro atoms. The van der Waals surface area contributed by atoms with Crippen LogP contribution in [0, 0.1) is 0 Å². The molecule has 0 saturated heterocycles. The Labute approximate surface area is 205 Å². The van der Waals surface area contributed by atoms with Crippen LogP contribution in [0.5, 0.6) is 11.5 Å². The lowest BCUT2D eigenvalue weighted by molar-refractivity contribution is 0.473. The van der Waals surface area contributed by atoms with Crippen LogP contribution >= 0.6 is 0 Å². The summed E-state index contributed by atoms with van der Waals surface area (Å²) in [5, 5.41) is 0. The van der Waals surface area contributed by atoms with E-state index in [0.717, 1.165) is 0 Å². The number of H-pyrrole nitrogens is 2. The maximum Gasteiger partial charge on any atom is 0.328 e. The molecule has 0 aliphatic heterocycles. The van der Waals surface area contributed by atoms with E-state index < -0.39 is 21.1 Å². The summed E-state index contributed by atoms with van der Waals surface area (Å²) in [6.45, 7) is 1.70. The van der Waals surface area contributed by atoms with Crippen molar-refractivity contribution in [1.29, 1.82) is 0 Å². The van der Waals surface area contributed by atoms with Crippen LogP contribution in [0.3, 0.4) is 0 Å². The Morgan fingerprint density at radius 2 is 1.81 bits per heavy atom. The normalized spacial score (nSPS) is 11.6. The van der Waals surface area contributed by atoms with Gasteiger partial charge in [-0.25, -0.2) is 18.2 Å². The molecule has 2 aromatic carbocycles. The van der Waals surface area contributed by atoms with E-state index in [1.54, 1.807) is 31.3 Å². The second-order valence-corrected chi connectivity index (χ2v) is 10.3. The van der Waals surface area contributed by atoms with Gasteiger partial charge in [0.2, 0.25) is 0 Å². The second-order valence-electron chi connectivity index (χ2n) is 7.99. The van der Waals surface area contributed by atoms with Crippen molar-refractivity contribution >= 4 is 20.9 Å². The number of ether oxygens (including phenoxy) is 1. The molecular formula is C25H21N5O5S. The van der Waals surface area contributed by atoms with Crippen molar-refractivity contribution in [2.24, 2.45) is 0 Å². The molecule has 0 atom stereocenters. The van der Waals surface area contributed by atoms with Gasteiger partial charge in [-0.05, 0) is 42.5 Å². The van der Waals surface area contributed by atoms with Crippen LogP contribution in [0.25, 0.3) is 22.6 Å². The third-order valence-corrected chi connectivity index (χ3v) is 7.35. The first kappa shape index (κ1) is 23.2. The van der Waals surface area contributed by atoms with Gasteiger partial charge in [0, 0.05) is 30.1 Å². The van der Waals surface area contributed by atoms with Crippen molar-refractivity contribution < 1.29 is 13.2 Å². The van der Waals surface area contributed by atoms with Crippen molar-refractivity contribution in [3.8, 4) is 23.0 Å². The molecule has 5 aromatic rings. The molecule has 0 aliphatic rings. The van der Waals surface area contributed by atoms with E-state index in [0.29, 0.717) is 39.6 Å². The average Bonchev–Trinajstić information content (AvgIpc) is 3.29. The highest BCUT2D eigenvalue weighted by Crippen LogP contribution is 2.31. The first-order valence-electron chi connectivity index (χ1n) is 11.1. The van der Waals surface area contributed by atoms with Gasteiger partial charge in [0.15, 0.2) is 15.7 Å². The summed E-state index contributed by atoms with van der Waals surface area (Å²) in [7, 11) is -3.34. The van der Waals surface area contributed by atoms with Crippen LogP contribution < -0.4 is 16.0 Å². The zero-order valence-corrected chi connectivity index (χ0v) is 20.0. The third-order valence-electron chi connectivity index (χ3n) is 5.60. The molecule has 0 radical (unpaired) electrons. The number of pyridine rings is 1. The fraction of sp³-hybridized carbons (Fsp3) is 0.120. The lowest BCUT2D eigenvalue weighted by Crippen LogP contribution is -2.28. The van der Waals surface area contributed by atoms with Gasteiger partial charge in [-0.2, -0.15) is 0 Å². The smallest absolute Gasteiger partial charge is 0.328 e. The first-order chi connectivity index (χ1) is 17.3. The largest absolute Gasteiger partial charge is 0.457 e. The molecule has 0 unspecified atom stereocenters. The number of aromatic nitrogens is 5. The molecular weight excluding hydrogens is 482 g/mol. The number of rotatable bonds is 7. The maximum atomic E-state index is 12.3. The van der Waals surface area contributed by atoms with Gasteiger partial charge < -0.3 is 9.72 Å². The number of hydrogen-bond donors (Lipinski definition) is 2. The average molecular weight is 504 g/mol. The van der Waals surface area contributed by atoms with E-state index in [-0.39, 0.29) is 17.2 Å². The highest BCUT2D eigenvalue weighted by molar-refractivity contribution is 7.91. The topological polar surface area (TPSA) is 140 Å². The van der Waals surface area contributed by atoms with Crippen LogP contribution in [0.15, 0.2) is 87.5 Å². The highest BCUT2D eigenvalue weighted by Gasteiger charge is 2.15. The lowest BCUT2D eigenvalue weighted by Gasteiger charge is -2.13. The number of hydrogen-bond acceptors (Lipinski definition) is 7. The number of fused-ring (bicyclic) bond motifs is 1. The minimum Gasteiger partial charge on any atom is -0.457 e. The molecule has 0 fully saturated rings. The summed E-state index contributed by atoms with van der Waals surface area (Å²) in [6.07, 6.45) is 3.08. The summed E-state index contributed by atoms with van der Waals surface area (Å²) < 4.78 is 31.7. The summed E-state index contributed by atoms with van der Waals surface area (Å²) >= 11 is 0. The second kappa shape index (κ2) is 9.27. The van der Waals surface area contributed by atoms with Crippen LogP contribution in [0.2, 0.25) is 0 Å². The van der Waals surface area contributed by atoms with Gasteiger partial charge >= 0.3 is 5.69 Å². The third kappa shape index (κ3) is 4.68. The number of sulfone groups is 1. The van der Waals surface area contributed by atoms with Crippen molar-refractivity contribution in [3.63, 3.8) is 0 Å². The van der Waals surface area contributed by atoms with Crippen LogP contribution in [0.4, 0.5) is 0 Å². The van der Waals surface area contributed by atoms with Gasteiger partial charge in [-0.3, -0.25) is 19.3 Å². The van der Waals surface area contributed by atoms with E-state index >= 15 is 0 Å². The molecule has 0 bridgehead atoms. The summed E-state index contributed by atoms with van der Waals surface area (Å²) in [4.78, 5) is 38.4. The fourth-order valence-corrected chi connectivity index (χ4v) is 4.57. The van der Waals surface area contributed by atoms with E-state index in [1.165, 1.54) is 29.0 Å². The van der Waals surface area contributed by atoms with Crippen LogP contribution in [-0.2, 0) is 16.4 Å². The minimum absolute atomic E-state index is 0.000295. The molecule has 3 heterocycles. The summed E-state index contributed by atoms with van der Waals surface area (Å²) in [5.74, 6) is 1.41. The molecule has 182 valence electrons. The SMILES string of the molecule is CCS(=O)(=O)c1ccc(Oc2cc3nc(-c4ccccn4)[nH]c3cc2Cn2ccc(=O)[nH]c2=O)cc1. The van der Waals surface area contributed by atoms with E-state index in [2.05, 4.69) is 19.9 Å². The van der Waals surface area contributed by atoms with E-state index in [4.69, 9.17) is 4.74 Å².